The van der Waals surface area contributed by atoms with Gasteiger partial charge in [0.05, 0.1) is 13.2 Å². The number of hydrogen-bond acceptors (Lipinski definition) is 4. The number of benzene rings is 2. The van der Waals surface area contributed by atoms with E-state index >= 15 is 0 Å². The Bertz CT molecular complexity index is 701. The number of aliphatic hydroxyl groups is 1. The lowest BCUT2D eigenvalue weighted by atomic mass is 10.1. The van der Waals surface area contributed by atoms with Crippen molar-refractivity contribution >= 4 is 5.69 Å². The molecule has 0 aliphatic carbocycles. The Morgan fingerprint density at radius 2 is 1.59 bits per heavy atom. The summed E-state index contributed by atoms with van der Waals surface area (Å²) < 4.78 is 5.19. The Hall–Kier alpha value is -2.04. The summed E-state index contributed by atoms with van der Waals surface area (Å²) in [6, 6.07) is 14.6. The van der Waals surface area contributed by atoms with Crippen LogP contribution < -0.4 is 9.64 Å². The van der Waals surface area contributed by atoms with Crippen LogP contribution >= 0.6 is 0 Å². The standard InChI is InChI=1S/C23H32N2O2/c1-18-5-4-6-19(2)23(18)25-15-13-24(14-16-25)17-21(26)10-7-20-8-11-22(27-3)12-9-20/h4-6,8-9,11-12,21,26H,7,10,13-17H2,1-3H3. The number of aliphatic hydroxyl groups excluding tert-OH is 1. The van der Waals surface area contributed by atoms with Crippen LogP contribution in [0.5, 0.6) is 5.75 Å². The highest BCUT2D eigenvalue weighted by atomic mass is 16.5. The van der Waals surface area contributed by atoms with Gasteiger partial charge in [0.15, 0.2) is 0 Å². The fourth-order valence-corrected chi connectivity index (χ4v) is 3.97. The van der Waals surface area contributed by atoms with E-state index in [-0.39, 0.29) is 6.10 Å². The van der Waals surface area contributed by atoms with Gasteiger partial charge in [0.2, 0.25) is 0 Å². The molecule has 1 fully saturated rings. The van der Waals surface area contributed by atoms with Crippen LogP contribution in [0, 0.1) is 13.8 Å². The minimum absolute atomic E-state index is 0.279. The van der Waals surface area contributed by atoms with Crippen LogP contribution in [0.2, 0.25) is 0 Å². The molecule has 0 radical (unpaired) electrons. The fraction of sp³-hybridized carbons (Fsp3) is 0.478. The molecular weight excluding hydrogens is 336 g/mol. The summed E-state index contributed by atoms with van der Waals surface area (Å²) in [5, 5.41) is 10.5. The van der Waals surface area contributed by atoms with Crippen LogP contribution in [0.15, 0.2) is 42.5 Å². The van der Waals surface area contributed by atoms with Gasteiger partial charge in [0.1, 0.15) is 5.75 Å². The highest BCUT2D eigenvalue weighted by molar-refractivity contribution is 5.59. The number of para-hydroxylation sites is 1. The smallest absolute Gasteiger partial charge is 0.118 e. The van der Waals surface area contributed by atoms with Gasteiger partial charge in [-0.15, -0.1) is 0 Å². The number of piperazine rings is 1. The van der Waals surface area contributed by atoms with Crippen molar-refractivity contribution in [1.29, 1.82) is 0 Å². The molecule has 1 saturated heterocycles. The maximum absolute atomic E-state index is 10.5. The first-order valence-corrected chi connectivity index (χ1v) is 9.91. The van der Waals surface area contributed by atoms with Crippen molar-refractivity contribution in [3.8, 4) is 5.75 Å². The van der Waals surface area contributed by atoms with E-state index < -0.39 is 0 Å². The zero-order valence-electron chi connectivity index (χ0n) is 16.8. The number of nitrogens with zero attached hydrogens (tertiary/aromatic N) is 2. The second kappa shape index (κ2) is 9.25. The number of anilines is 1. The molecule has 4 heteroatoms. The second-order valence-corrected chi connectivity index (χ2v) is 7.57. The lowest BCUT2D eigenvalue weighted by Crippen LogP contribution is -2.49. The molecule has 2 aromatic carbocycles. The van der Waals surface area contributed by atoms with Gasteiger partial charge in [-0.2, -0.15) is 0 Å². The van der Waals surface area contributed by atoms with Gasteiger partial charge >= 0.3 is 0 Å². The molecular formula is C23H32N2O2. The first-order valence-electron chi connectivity index (χ1n) is 9.91. The molecule has 4 nitrogen and oxygen atoms in total. The predicted octanol–water partition coefficient (Wildman–Crippen LogP) is 3.43. The molecule has 1 aliphatic heterocycles. The fourth-order valence-electron chi connectivity index (χ4n) is 3.97. The van der Waals surface area contributed by atoms with E-state index in [0.29, 0.717) is 0 Å². The van der Waals surface area contributed by atoms with E-state index in [1.165, 1.54) is 22.4 Å². The molecule has 27 heavy (non-hydrogen) atoms. The van der Waals surface area contributed by atoms with Crippen LogP contribution in [-0.4, -0.2) is 55.9 Å². The SMILES string of the molecule is COc1ccc(CCC(O)CN2CCN(c3c(C)cccc3C)CC2)cc1. The molecule has 2 aromatic rings. The summed E-state index contributed by atoms with van der Waals surface area (Å²) in [7, 11) is 1.68. The van der Waals surface area contributed by atoms with Gasteiger partial charge in [-0.1, -0.05) is 30.3 Å². The predicted molar refractivity (Wildman–Crippen MR) is 112 cm³/mol. The zero-order valence-corrected chi connectivity index (χ0v) is 16.8. The maximum Gasteiger partial charge on any atom is 0.118 e. The Kier molecular flexibility index (Phi) is 6.75. The van der Waals surface area contributed by atoms with E-state index in [4.69, 9.17) is 4.74 Å². The first kappa shape index (κ1) is 19.7. The molecule has 146 valence electrons. The summed E-state index contributed by atoms with van der Waals surface area (Å²) in [5.74, 6) is 0.876. The molecule has 0 saturated carbocycles. The molecule has 1 N–H and O–H groups in total. The number of rotatable bonds is 7. The van der Waals surface area contributed by atoms with Gasteiger partial charge in [0, 0.05) is 38.4 Å². The molecule has 0 amide bonds. The van der Waals surface area contributed by atoms with Crippen molar-refractivity contribution in [2.45, 2.75) is 32.8 Å². The number of β-amino-alcohol motifs (C(OH)–C–C–N with tert-alkyl or cyclic N) is 1. The molecule has 1 atom stereocenters. The largest absolute Gasteiger partial charge is 0.497 e. The third-order valence-corrected chi connectivity index (χ3v) is 5.52. The molecule has 0 bridgehead atoms. The minimum atomic E-state index is -0.279. The molecule has 1 unspecified atom stereocenters. The summed E-state index contributed by atoms with van der Waals surface area (Å²) in [4.78, 5) is 4.88. The summed E-state index contributed by atoms with van der Waals surface area (Å²) in [6.07, 6.45) is 1.41. The monoisotopic (exact) mass is 368 g/mol. The van der Waals surface area contributed by atoms with Crippen molar-refractivity contribution in [3.63, 3.8) is 0 Å². The highest BCUT2D eigenvalue weighted by Crippen LogP contribution is 2.25. The van der Waals surface area contributed by atoms with E-state index in [1.807, 2.05) is 12.1 Å². The van der Waals surface area contributed by atoms with E-state index in [0.717, 1.165) is 51.3 Å². The van der Waals surface area contributed by atoms with Gasteiger partial charge in [0.25, 0.3) is 0 Å². The molecule has 0 aromatic heterocycles. The third-order valence-electron chi connectivity index (χ3n) is 5.52. The highest BCUT2D eigenvalue weighted by Gasteiger charge is 2.21. The molecule has 3 rings (SSSR count). The summed E-state index contributed by atoms with van der Waals surface area (Å²) >= 11 is 0. The molecule has 0 spiro atoms. The maximum atomic E-state index is 10.5. The van der Waals surface area contributed by atoms with Crippen LogP contribution in [0.4, 0.5) is 5.69 Å². The normalized spacial score (nSPS) is 16.4. The van der Waals surface area contributed by atoms with Crippen molar-refractivity contribution in [2.75, 3.05) is 44.7 Å². The zero-order chi connectivity index (χ0) is 19.2. The first-order chi connectivity index (χ1) is 13.1. The number of aryl methyl sites for hydroxylation is 3. The average Bonchev–Trinajstić information content (AvgIpc) is 2.68. The van der Waals surface area contributed by atoms with Crippen LogP contribution in [0.25, 0.3) is 0 Å². The van der Waals surface area contributed by atoms with E-state index in [2.05, 4.69) is 54.0 Å². The lowest BCUT2D eigenvalue weighted by Gasteiger charge is -2.38. The lowest BCUT2D eigenvalue weighted by molar-refractivity contribution is 0.102. The van der Waals surface area contributed by atoms with Crippen molar-refractivity contribution in [3.05, 3.63) is 59.2 Å². The quantitative estimate of drug-likeness (QED) is 0.812. The second-order valence-electron chi connectivity index (χ2n) is 7.57. The van der Waals surface area contributed by atoms with Crippen molar-refractivity contribution in [1.82, 2.24) is 4.90 Å². The number of hydrogen-bond donors (Lipinski definition) is 1. The van der Waals surface area contributed by atoms with Gasteiger partial charge in [-0.3, -0.25) is 4.90 Å². The Morgan fingerprint density at radius 3 is 2.19 bits per heavy atom. The topological polar surface area (TPSA) is 35.9 Å². The minimum Gasteiger partial charge on any atom is -0.497 e. The van der Waals surface area contributed by atoms with Gasteiger partial charge in [-0.05, 0) is 55.5 Å². The summed E-state index contributed by atoms with van der Waals surface area (Å²) in [6.45, 7) is 9.21. The van der Waals surface area contributed by atoms with Crippen molar-refractivity contribution < 1.29 is 9.84 Å². The van der Waals surface area contributed by atoms with Gasteiger partial charge in [-0.25, -0.2) is 0 Å². The Labute approximate surface area is 163 Å². The Morgan fingerprint density at radius 1 is 0.963 bits per heavy atom. The average molecular weight is 369 g/mol. The van der Waals surface area contributed by atoms with Crippen LogP contribution in [0.1, 0.15) is 23.1 Å². The number of methoxy groups -OCH3 is 1. The molecule has 1 aliphatic rings. The third kappa shape index (κ3) is 5.24. The molecule has 1 heterocycles. The Balaban J connectivity index is 1.44. The summed E-state index contributed by atoms with van der Waals surface area (Å²) in [5.41, 5.74) is 5.33. The van der Waals surface area contributed by atoms with Crippen LogP contribution in [-0.2, 0) is 6.42 Å². The van der Waals surface area contributed by atoms with E-state index in [1.54, 1.807) is 7.11 Å². The van der Waals surface area contributed by atoms with Crippen LogP contribution in [0.3, 0.4) is 0 Å². The van der Waals surface area contributed by atoms with E-state index in [9.17, 15) is 5.11 Å². The van der Waals surface area contributed by atoms with Crippen molar-refractivity contribution in [2.24, 2.45) is 0 Å². The van der Waals surface area contributed by atoms with Gasteiger partial charge < -0.3 is 14.7 Å². The number of ether oxygens (including phenoxy) is 1.